The van der Waals surface area contributed by atoms with E-state index >= 15 is 0 Å². The highest BCUT2D eigenvalue weighted by atomic mass is 127. The maximum atomic E-state index is 12.1. The third-order valence-corrected chi connectivity index (χ3v) is 4.42. The summed E-state index contributed by atoms with van der Waals surface area (Å²) in [5.74, 6) is -0.407. The predicted molar refractivity (Wildman–Crippen MR) is 91.3 cm³/mol. The van der Waals surface area contributed by atoms with Crippen molar-refractivity contribution in [3.8, 4) is 0 Å². The van der Waals surface area contributed by atoms with Crippen LogP contribution in [0.25, 0.3) is 0 Å². The van der Waals surface area contributed by atoms with Crippen molar-refractivity contribution < 1.29 is 14.3 Å². The minimum atomic E-state index is -1.12. The van der Waals surface area contributed by atoms with Gasteiger partial charge in [-0.2, -0.15) is 0 Å². The summed E-state index contributed by atoms with van der Waals surface area (Å²) in [6.07, 6.45) is 2.46. The van der Waals surface area contributed by atoms with Crippen LogP contribution >= 0.6 is 38.5 Å². The average Bonchev–Trinajstić information content (AvgIpc) is 2.76. The van der Waals surface area contributed by atoms with E-state index < -0.39 is 29.0 Å². The number of hydrogen-bond acceptors (Lipinski definition) is 5. The largest absolute Gasteiger partial charge is 0.460 e. The fourth-order valence-corrected chi connectivity index (χ4v) is 3.58. The molecular weight excluding hydrogens is 471 g/mol. The molecule has 1 aromatic heterocycles. The minimum Gasteiger partial charge on any atom is -0.460 e. The molecule has 0 radical (unpaired) electrons. The number of rotatable bonds is 4. The lowest BCUT2D eigenvalue weighted by Crippen LogP contribution is -2.42. The number of aromatic nitrogens is 2. The Bertz CT molecular complexity index is 700. The number of carbonyl (C=O) groups is 1. The van der Waals surface area contributed by atoms with E-state index in [0.29, 0.717) is 4.43 Å². The number of carbonyl (C=O) groups excluding carboxylic acids is 1. The standard InChI is InChI=1S/C13H14BrIN2O5/c1-8(18)21-9-6-13(3-4-14,22-10(9)7-15)17-5-2-11(19)16-12(17)20/h2-5,9-10H,6-7H2,1H3,(H,16,19,20)/t9-,10+,13+/m0/s1. The van der Waals surface area contributed by atoms with Crippen molar-refractivity contribution in [2.45, 2.75) is 31.3 Å². The van der Waals surface area contributed by atoms with Gasteiger partial charge in [-0.25, -0.2) is 4.79 Å². The van der Waals surface area contributed by atoms with E-state index in [1.807, 2.05) is 0 Å². The summed E-state index contributed by atoms with van der Waals surface area (Å²) in [6, 6.07) is 1.24. The van der Waals surface area contributed by atoms with Crippen molar-refractivity contribution in [1.82, 2.24) is 9.55 Å². The lowest BCUT2D eigenvalue weighted by Gasteiger charge is -2.27. The molecule has 0 amide bonds. The molecule has 0 spiro atoms. The van der Waals surface area contributed by atoms with Gasteiger partial charge in [0.25, 0.3) is 5.56 Å². The highest BCUT2D eigenvalue weighted by molar-refractivity contribution is 14.1. The zero-order valence-corrected chi connectivity index (χ0v) is 15.4. The maximum absolute atomic E-state index is 12.1. The van der Waals surface area contributed by atoms with Gasteiger partial charge in [-0.3, -0.25) is 19.1 Å². The van der Waals surface area contributed by atoms with Gasteiger partial charge in [0, 0.05) is 30.0 Å². The molecular formula is C13H14BrIN2O5. The van der Waals surface area contributed by atoms with Gasteiger partial charge in [0.05, 0.1) is 0 Å². The summed E-state index contributed by atoms with van der Waals surface area (Å²) in [7, 11) is 0. The van der Waals surface area contributed by atoms with Gasteiger partial charge in [-0.1, -0.05) is 38.5 Å². The summed E-state index contributed by atoms with van der Waals surface area (Å²) < 4.78 is 13.2. The van der Waals surface area contributed by atoms with Crippen molar-refractivity contribution in [3.63, 3.8) is 0 Å². The molecule has 0 bridgehead atoms. The molecule has 0 unspecified atom stereocenters. The Balaban J connectivity index is 2.48. The lowest BCUT2D eigenvalue weighted by molar-refractivity contribution is -0.148. The van der Waals surface area contributed by atoms with E-state index in [1.54, 1.807) is 11.1 Å². The third-order valence-electron chi connectivity index (χ3n) is 3.29. The second-order valence-electron chi connectivity index (χ2n) is 4.78. The number of nitrogens with one attached hydrogen (secondary N) is 1. The van der Waals surface area contributed by atoms with Crippen LogP contribution in [0, 0.1) is 0 Å². The molecule has 1 fully saturated rings. The Hall–Kier alpha value is -0.940. The number of H-pyrrole nitrogens is 1. The number of nitrogens with zero attached hydrogens (tertiary/aromatic N) is 1. The van der Waals surface area contributed by atoms with E-state index in [4.69, 9.17) is 9.47 Å². The summed E-state index contributed by atoms with van der Waals surface area (Å²) in [4.78, 5) is 38.4. The molecule has 1 aliphatic heterocycles. The van der Waals surface area contributed by atoms with Crippen LogP contribution in [0.2, 0.25) is 0 Å². The summed E-state index contributed by atoms with van der Waals surface area (Å²) in [6.45, 7) is 1.33. The van der Waals surface area contributed by atoms with Gasteiger partial charge >= 0.3 is 11.7 Å². The molecule has 1 saturated heterocycles. The SMILES string of the molecule is CC(=O)O[C@H]1C[C@](C=CBr)(n2ccc(=O)[nH]c2=O)O[C@@H]1CI. The molecule has 1 aliphatic rings. The van der Waals surface area contributed by atoms with Crippen LogP contribution in [0.3, 0.4) is 0 Å². The van der Waals surface area contributed by atoms with E-state index in [0.717, 1.165) is 0 Å². The fourth-order valence-electron chi connectivity index (χ4n) is 2.42. The van der Waals surface area contributed by atoms with Gasteiger partial charge in [0.15, 0.2) is 5.72 Å². The van der Waals surface area contributed by atoms with Gasteiger partial charge in [-0.15, -0.1) is 0 Å². The normalized spacial score (nSPS) is 28.1. The van der Waals surface area contributed by atoms with E-state index in [9.17, 15) is 14.4 Å². The van der Waals surface area contributed by atoms with E-state index in [2.05, 4.69) is 43.5 Å². The molecule has 120 valence electrons. The first-order valence-corrected chi connectivity index (χ1v) is 8.87. The van der Waals surface area contributed by atoms with Crippen LogP contribution in [0.5, 0.6) is 0 Å². The van der Waals surface area contributed by atoms with Crippen molar-refractivity contribution in [1.29, 1.82) is 0 Å². The molecule has 0 aliphatic carbocycles. The Labute approximate surface area is 148 Å². The Morgan fingerprint density at radius 2 is 2.41 bits per heavy atom. The molecule has 2 rings (SSSR count). The number of esters is 1. The highest BCUT2D eigenvalue weighted by Gasteiger charge is 2.48. The van der Waals surface area contributed by atoms with Gasteiger partial charge < -0.3 is 9.47 Å². The maximum Gasteiger partial charge on any atom is 0.330 e. The molecule has 3 atom stereocenters. The first-order valence-electron chi connectivity index (χ1n) is 6.43. The molecule has 2 heterocycles. The number of ether oxygens (including phenoxy) is 2. The smallest absolute Gasteiger partial charge is 0.330 e. The number of aromatic amines is 1. The van der Waals surface area contributed by atoms with Crippen LogP contribution < -0.4 is 11.2 Å². The first-order chi connectivity index (χ1) is 10.4. The van der Waals surface area contributed by atoms with Crippen molar-refractivity contribution in [2.75, 3.05) is 4.43 Å². The van der Waals surface area contributed by atoms with Gasteiger partial charge in [0.1, 0.15) is 12.2 Å². The quantitative estimate of drug-likeness (QED) is 0.394. The molecule has 1 N–H and O–H groups in total. The second kappa shape index (κ2) is 7.09. The van der Waals surface area contributed by atoms with Gasteiger partial charge in [0.2, 0.25) is 0 Å². The predicted octanol–water partition coefficient (Wildman–Crippen LogP) is 1.25. The Morgan fingerprint density at radius 3 is 2.95 bits per heavy atom. The molecule has 0 aromatic carbocycles. The minimum absolute atomic E-state index is 0.272. The van der Waals surface area contributed by atoms with Crippen LogP contribution in [0.1, 0.15) is 13.3 Å². The summed E-state index contributed by atoms with van der Waals surface area (Å²) >= 11 is 5.32. The van der Waals surface area contributed by atoms with Crippen molar-refractivity contribution in [2.24, 2.45) is 0 Å². The zero-order valence-electron chi connectivity index (χ0n) is 11.6. The zero-order chi connectivity index (χ0) is 16.3. The lowest BCUT2D eigenvalue weighted by atomic mass is 10.1. The molecule has 22 heavy (non-hydrogen) atoms. The molecule has 9 heteroatoms. The topological polar surface area (TPSA) is 90.4 Å². The number of hydrogen-bond donors (Lipinski definition) is 1. The molecule has 1 aromatic rings. The Morgan fingerprint density at radius 1 is 1.68 bits per heavy atom. The average molecular weight is 485 g/mol. The van der Waals surface area contributed by atoms with Crippen molar-refractivity contribution in [3.05, 3.63) is 44.2 Å². The van der Waals surface area contributed by atoms with Crippen LogP contribution in [-0.4, -0.2) is 32.2 Å². The first kappa shape index (κ1) is 17.4. The fraction of sp³-hybridized carbons (Fsp3) is 0.462. The highest BCUT2D eigenvalue weighted by Crippen LogP contribution is 2.38. The second-order valence-corrected chi connectivity index (χ2v) is 6.19. The van der Waals surface area contributed by atoms with E-state index in [1.165, 1.54) is 23.8 Å². The van der Waals surface area contributed by atoms with Gasteiger partial charge in [-0.05, 0) is 11.1 Å². The summed E-state index contributed by atoms with van der Waals surface area (Å²) in [5, 5.41) is 0. The molecule has 7 nitrogen and oxygen atoms in total. The number of alkyl halides is 1. The Kier molecular flexibility index (Phi) is 5.61. The third kappa shape index (κ3) is 3.51. The van der Waals surface area contributed by atoms with Crippen LogP contribution in [-0.2, 0) is 20.0 Å². The summed E-state index contributed by atoms with van der Waals surface area (Å²) in [5.41, 5.74) is -2.20. The van der Waals surface area contributed by atoms with Crippen LogP contribution in [0.15, 0.2) is 32.9 Å². The van der Waals surface area contributed by atoms with Crippen LogP contribution in [0.4, 0.5) is 0 Å². The number of halogens is 2. The monoisotopic (exact) mass is 484 g/mol. The van der Waals surface area contributed by atoms with E-state index in [-0.39, 0.29) is 12.5 Å². The van der Waals surface area contributed by atoms with Crippen molar-refractivity contribution >= 4 is 44.5 Å². The molecule has 0 saturated carbocycles.